The average Bonchev–Trinajstić information content (AvgIpc) is 2.54. The maximum absolute atomic E-state index is 11.2. The van der Waals surface area contributed by atoms with Crippen molar-refractivity contribution < 1.29 is 5.11 Å². The molecule has 2 heteroatoms. The highest BCUT2D eigenvalue weighted by Gasteiger charge is 2.44. The third-order valence-corrected chi connectivity index (χ3v) is 8.55. The Kier molecular flexibility index (Phi) is 4.67. The van der Waals surface area contributed by atoms with Crippen LogP contribution in [0.4, 0.5) is 0 Å². The Bertz CT molecular complexity index is 638. The molecule has 2 aromatic carbocycles. The molecular formula is C19H22OSi. The van der Waals surface area contributed by atoms with Gasteiger partial charge in [-0.3, -0.25) is 0 Å². The molecule has 2 aromatic rings. The molecule has 0 spiro atoms. The molecule has 0 heterocycles. The van der Waals surface area contributed by atoms with E-state index < -0.39 is 13.3 Å². The fourth-order valence-corrected chi connectivity index (χ4v) is 5.24. The van der Waals surface area contributed by atoms with Gasteiger partial charge >= 0.3 is 0 Å². The fourth-order valence-electron chi connectivity index (χ4n) is 2.48. The molecule has 2 rings (SSSR count). The normalized spacial score (nSPS) is 13.9. The minimum atomic E-state index is -2.10. The predicted molar refractivity (Wildman–Crippen MR) is 92.1 cm³/mol. The molecule has 1 atom stereocenters. The number of hydrogen-bond donors (Lipinski definition) is 1. The van der Waals surface area contributed by atoms with E-state index >= 15 is 0 Å². The van der Waals surface area contributed by atoms with Crippen LogP contribution in [0, 0.1) is 11.8 Å². The standard InChI is InChI=1S/C19H22OSi/c1-4-19(20,16-15-17-11-7-5-8-12-17)21(2,3)18-13-9-6-10-14-18/h5-14,20H,4H2,1-3H3. The van der Waals surface area contributed by atoms with Gasteiger partial charge in [-0.05, 0) is 18.6 Å². The van der Waals surface area contributed by atoms with Gasteiger partial charge in [0.1, 0.15) is 13.3 Å². The maximum Gasteiger partial charge on any atom is 0.132 e. The molecular weight excluding hydrogens is 272 g/mol. The van der Waals surface area contributed by atoms with Gasteiger partial charge in [-0.15, -0.1) is 0 Å². The molecule has 0 aliphatic rings. The van der Waals surface area contributed by atoms with Crippen LogP contribution < -0.4 is 5.19 Å². The fraction of sp³-hybridized carbons (Fsp3) is 0.263. The van der Waals surface area contributed by atoms with E-state index in [0.717, 1.165) is 5.56 Å². The Morgan fingerprint density at radius 3 is 2.00 bits per heavy atom. The summed E-state index contributed by atoms with van der Waals surface area (Å²) in [6.07, 6.45) is 0.640. The van der Waals surface area contributed by atoms with Crippen molar-refractivity contribution in [3.05, 3.63) is 66.2 Å². The first-order chi connectivity index (χ1) is 9.99. The van der Waals surface area contributed by atoms with Crippen molar-refractivity contribution in [3.63, 3.8) is 0 Å². The number of hydrogen-bond acceptors (Lipinski definition) is 1. The molecule has 0 radical (unpaired) electrons. The van der Waals surface area contributed by atoms with Gasteiger partial charge in [0, 0.05) is 5.56 Å². The van der Waals surface area contributed by atoms with Crippen molar-refractivity contribution in [3.8, 4) is 11.8 Å². The van der Waals surface area contributed by atoms with Gasteiger partial charge in [0.2, 0.25) is 0 Å². The van der Waals surface area contributed by atoms with Crippen molar-refractivity contribution in [1.29, 1.82) is 0 Å². The van der Waals surface area contributed by atoms with E-state index in [9.17, 15) is 5.11 Å². The monoisotopic (exact) mass is 294 g/mol. The second-order valence-corrected chi connectivity index (χ2v) is 10.5. The molecule has 1 unspecified atom stereocenters. The molecule has 21 heavy (non-hydrogen) atoms. The molecule has 0 amide bonds. The zero-order chi connectivity index (χ0) is 15.3. The first-order valence-electron chi connectivity index (χ1n) is 7.36. The first kappa shape index (κ1) is 15.6. The second kappa shape index (κ2) is 6.30. The summed E-state index contributed by atoms with van der Waals surface area (Å²) in [5.74, 6) is 6.31. The van der Waals surface area contributed by atoms with Crippen LogP contribution in [-0.2, 0) is 0 Å². The van der Waals surface area contributed by atoms with E-state index in [1.807, 2.05) is 55.5 Å². The Hall–Kier alpha value is -1.82. The van der Waals surface area contributed by atoms with E-state index in [0.29, 0.717) is 6.42 Å². The minimum Gasteiger partial charge on any atom is -0.381 e. The lowest BCUT2D eigenvalue weighted by Crippen LogP contribution is -2.61. The van der Waals surface area contributed by atoms with Gasteiger partial charge < -0.3 is 5.11 Å². The SMILES string of the molecule is CCC(O)(C#Cc1ccccc1)[Si](C)(C)c1ccccc1. The van der Waals surface area contributed by atoms with Crippen LogP contribution >= 0.6 is 0 Å². The summed E-state index contributed by atoms with van der Waals surface area (Å²) in [5.41, 5.74) is 0.947. The minimum absolute atomic E-state index is 0.640. The molecule has 0 bridgehead atoms. The summed E-state index contributed by atoms with van der Waals surface area (Å²) in [6, 6.07) is 20.1. The van der Waals surface area contributed by atoms with Crippen LogP contribution in [0.1, 0.15) is 18.9 Å². The summed E-state index contributed by atoms with van der Waals surface area (Å²) >= 11 is 0. The summed E-state index contributed by atoms with van der Waals surface area (Å²) < 4.78 is 0. The molecule has 0 saturated carbocycles. The largest absolute Gasteiger partial charge is 0.381 e. The Labute approximate surface area is 128 Å². The maximum atomic E-state index is 11.2. The van der Waals surface area contributed by atoms with Crippen LogP contribution in [0.2, 0.25) is 13.1 Å². The van der Waals surface area contributed by atoms with Crippen LogP contribution in [0.25, 0.3) is 0 Å². The van der Waals surface area contributed by atoms with Crippen molar-refractivity contribution >= 4 is 13.3 Å². The number of aliphatic hydroxyl groups is 1. The summed E-state index contributed by atoms with van der Waals surface area (Å²) in [4.78, 5) is 0. The number of benzene rings is 2. The summed E-state index contributed by atoms with van der Waals surface area (Å²) in [6.45, 7) is 6.38. The Morgan fingerprint density at radius 1 is 0.952 bits per heavy atom. The number of rotatable bonds is 3. The van der Waals surface area contributed by atoms with E-state index in [1.54, 1.807) is 0 Å². The molecule has 0 aromatic heterocycles. The molecule has 0 aliphatic heterocycles. The molecule has 1 nitrogen and oxygen atoms in total. The van der Waals surface area contributed by atoms with Gasteiger partial charge in [0.15, 0.2) is 0 Å². The van der Waals surface area contributed by atoms with Crippen molar-refractivity contribution in [1.82, 2.24) is 0 Å². The third-order valence-electron chi connectivity index (χ3n) is 4.23. The van der Waals surface area contributed by atoms with Gasteiger partial charge in [-0.1, -0.05) is 85.6 Å². The average molecular weight is 294 g/mol. The van der Waals surface area contributed by atoms with Crippen LogP contribution in [0.5, 0.6) is 0 Å². The summed E-state index contributed by atoms with van der Waals surface area (Å²) in [5, 5.41) is 11.5. The predicted octanol–water partition coefficient (Wildman–Crippen LogP) is 3.33. The highest BCUT2D eigenvalue weighted by atomic mass is 28.3. The lowest BCUT2D eigenvalue weighted by molar-refractivity contribution is 0.173. The van der Waals surface area contributed by atoms with E-state index in [-0.39, 0.29) is 0 Å². The highest BCUT2D eigenvalue weighted by molar-refractivity contribution is 6.92. The highest BCUT2D eigenvalue weighted by Crippen LogP contribution is 2.24. The topological polar surface area (TPSA) is 20.2 Å². The summed E-state index contributed by atoms with van der Waals surface area (Å²) in [7, 11) is -2.10. The quantitative estimate of drug-likeness (QED) is 0.680. The van der Waals surface area contributed by atoms with Gasteiger partial charge in [0.25, 0.3) is 0 Å². The van der Waals surface area contributed by atoms with Crippen LogP contribution in [-0.4, -0.2) is 18.4 Å². The molecule has 0 saturated heterocycles. The van der Waals surface area contributed by atoms with Crippen molar-refractivity contribution in [2.75, 3.05) is 0 Å². The second-order valence-electron chi connectivity index (χ2n) is 5.82. The Morgan fingerprint density at radius 2 is 1.48 bits per heavy atom. The lowest BCUT2D eigenvalue weighted by Gasteiger charge is -2.37. The Balaban J connectivity index is 2.40. The van der Waals surface area contributed by atoms with E-state index in [1.165, 1.54) is 5.19 Å². The lowest BCUT2D eigenvalue weighted by atomic mass is 10.2. The van der Waals surface area contributed by atoms with Gasteiger partial charge in [-0.25, -0.2) is 0 Å². The van der Waals surface area contributed by atoms with Crippen LogP contribution in [0.15, 0.2) is 60.7 Å². The van der Waals surface area contributed by atoms with E-state index in [4.69, 9.17) is 0 Å². The molecule has 0 aliphatic carbocycles. The molecule has 0 fully saturated rings. The van der Waals surface area contributed by atoms with Crippen LogP contribution in [0.3, 0.4) is 0 Å². The smallest absolute Gasteiger partial charge is 0.132 e. The molecule has 108 valence electrons. The molecule has 1 N–H and O–H groups in total. The zero-order valence-corrected chi connectivity index (χ0v) is 13.9. The van der Waals surface area contributed by atoms with Gasteiger partial charge in [0.05, 0.1) is 0 Å². The first-order valence-corrected chi connectivity index (χ1v) is 10.4. The zero-order valence-electron chi connectivity index (χ0n) is 12.9. The van der Waals surface area contributed by atoms with Crippen molar-refractivity contribution in [2.24, 2.45) is 0 Å². The van der Waals surface area contributed by atoms with Crippen molar-refractivity contribution in [2.45, 2.75) is 31.7 Å². The van der Waals surface area contributed by atoms with E-state index in [2.05, 4.69) is 37.1 Å². The van der Waals surface area contributed by atoms with Gasteiger partial charge in [-0.2, -0.15) is 0 Å². The third kappa shape index (κ3) is 3.26.